The number of halogens is 1. The number of benzene rings is 1. The number of aliphatic hydroxyl groups excluding tert-OH is 1. The predicted octanol–water partition coefficient (Wildman–Crippen LogP) is 1.63. The van der Waals surface area contributed by atoms with Gasteiger partial charge in [-0.05, 0) is 38.1 Å². The Hall–Kier alpha value is -1.30. The van der Waals surface area contributed by atoms with E-state index in [1.807, 2.05) is 11.8 Å². The van der Waals surface area contributed by atoms with Gasteiger partial charge in [0.25, 0.3) is 5.91 Å². The SMILES string of the molecule is CC(O)CN1CCN(C(=O)COc2ccc(Cl)cc2)C(C)C1. The van der Waals surface area contributed by atoms with E-state index >= 15 is 0 Å². The van der Waals surface area contributed by atoms with Crippen LogP contribution in [0.2, 0.25) is 5.02 Å². The van der Waals surface area contributed by atoms with Gasteiger partial charge in [0.05, 0.1) is 6.10 Å². The van der Waals surface area contributed by atoms with E-state index in [9.17, 15) is 9.90 Å². The molecule has 6 heteroatoms. The summed E-state index contributed by atoms with van der Waals surface area (Å²) in [6.45, 7) is 6.70. The van der Waals surface area contributed by atoms with Crippen LogP contribution in [0.15, 0.2) is 24.3 Å². The van der Waals surface area contributed by atoms with E-state index in [0.29, 0.717) is 23.9 Å². The minimum Gasteiger partial charge on any atom is -0.484 e. The maximum absolute atomic E-state index is 12.3. The molecule has 0 spiro atoms. The molecule has 1 amide bonds. The van der Waals surface area contributed by atoms with Crippen molar-refractivity contribution in [2.24, 2.45) is 0 Å². The third kappa shape index (κ3) is 4.87. The van der Waals surface area contributed by atoms with Crippen LogP contribution in [0.25, 0.3) is 0 Å². The molecule has 0 radical (unpaired) electrons. The van der Waals surface area contributed by atoms with Gasteiger partial charge in [0.15, 0.2) is 6.61 Å². The van der Waals surface area contributed by atoms with E-state index in [1.54, 1.807) is 31.2 Å². The number of β-amino-alcohol motifs (C(OH)–C–C–N with tert-alkyl or cyclic N) is 1. The van der Waals surface area contributed by atoms with Crippen LogP contribution in [-0.4, -0.2) is 65.7 Å². The summed E-state index contributed by atoms with van der Waals surface area (Å²) < 4.78 is 5.51. The first kappa shape index (κ1) is 17.1. The van der Waals surface area contributed by atoms with Crippen molar-refractivity contribution in [3.05, 3.63) is 29.3 Å². The smallest absolute Gasteiger partial charge is 0.260 e. The van der Waals surface area contributed by atoms with Crippen LogP contribution < -0.4 is 4.74 Å². The monoisotopic (exact) mass is 326 g/mol. The van der Waals surface area contributed by atoms with E-state index in [1.165, 1.54) is 0 Å². The summed E-state index contributed by atoms with van der Waals surface area (Å²) in [5.74, 6) is 0.622. The van der Waals surface area contributed by atoms with Crippen LogP contribution in [0.5, 0.6) is 5.75 Å². The molecule has 1 fully saturated rings. The number of hydrogen-bond acceptors (Lipinski definition) is 4. The Morgan fingerprint density at radius 3 is 2.68 bits per heavy atom. The van der Waals surface area contributed by atoms with Gasteiger partial charge in [-0.15, -0.1) is 0 Å². The number of aliphatic hydroxyl groups is 1. The Balaban J connectivity index is 1.81. The van der Waals surface area contributed by atoms with Crippen molar-refractivity contribution in [1.29, 1.82) is 0 Å². The third-order valence-corrected chi connectivity index (χ3v) is 3.98. The fraction of sp³-hybridized carbons (Fsp3) is 0.562. The van der Waals surface area contributed by atoms with Crippen LogP contribution in [0.4, 0.5) is 0 Å². The highest BCUT2D eigenvalue weighted by atomic mass is 35.5. The van der Waals surface area contributed by atoms with Gasteiger partial charge in [-0.1, -0.05) is 11.6 Å². The van der Waals surface area contributed by atoms with Gasteiger partial charge in [-0.2, -0.15) is 0 Å². The third-order valence-electron chi connectivity index (χ3n) is 3.73. The molecular weight excluding hydrogens is 304 g/mol. The number of carbonyl (C=O) groups excluding carboxylic acids is 1. The van der Waals surface area contributed by atoms with E-state index in [-0.39, 0.29) is 24.7 Å². The molecule has 1 aromatic rings. The van der Waals surface area contributed by atoms with Crippen molar-refractivity contribution in [2.75, 3.05) is 32.8 Å². The Bertz CT molecular complexity index is 493. The van der Waals surface area contributed by atoms with Crippen molar-refractivity contribution in [3.8, 4) is 5.75 Å². The zero-order chi connectivity index (χ0) is 16.1. The molecule has 2 unspecified atom stereocenters. The summed E-state index contributed by atoms with van der Waals surface area (Å²) in [5.41, 5.74) is 0. The number of ether oxygens (including phenoxy) is 1. The number of rotatable bonds is 5. The van der Waals surface area contributed by atoms with Crippen LogP contribution in [0.3, 0.4) is 0 Å². The second kappa shape index (κ2) is 7.81. The lowest BCUT2D eigenvalue weighted by Crippen LogP contribution is -2.55. The number of amides is 1. The molecule has 0 saturated carbocycles. The lowest BCUT2D eigenvalue weighted by molar-refractivity contribution is -0.138. The van der Waals surface area contributed by atoms with Crippen LogP contribution in [-0.2, 0) is 4.79 Å². The molecule has 22 heavy (non-hydrogen) atoms. The van der Waals surface area contributed by atoms with Gasteiger partial charge in [-0.25, -0.2) is 0 Å². The maximum atomic E-state index is 12.3. The molecule has 0 aliphatic carbocycles. The van der Waals surface area contributed by atoms with Crippen molar-refractivity contribution >= 4 is 17.5 Å². The number of piperazine rings is 1. The molecule has 1 aliphatic heterocycles. The molecule has 1 aromatic carbocycles. The fourth-order valence-corrected chi connectivity index (χ4v) is 2.83. The predicted molar refractivity (Wildman–Crippen MR) is 86.2 cm³/mol. The number of carbonyl (C=O) groups is 1. The molecule has 1 heterocycles. The topological polar surface area (TPSA) is 53.0 Å². The van der Waals surface area contributed by atoms with Crippen molar-refractivity contribution in [2.45, 2.75) is 26.0 Å². The van der Waals surface area contributed by atoms with Gasteiger partial charge < -0.3 is 14.7 Å². The lowest BCUT2D eigenvalue weighted by Gasteiger charge is -2.40. The summed E-state index contributed by atoms with van der Waals surface area (Å²) in [5, 5.41) is 10.1. The number of nitrogens with zero attached hydrogens (tertiary/aromatic N) is 2. The fourth-order valence-electron chi connectivity index (χ4n) is 2.70. The summed E-state index contributed by atoms with van der Waals surface area (Å²) >= 11 is 5.81. The first-order chi connectivity index (χ1) is 10.5. The zero-order valence-electron chi connectivity index (χ0n) is 13.0. The Kier molecular flexibility index (Phi) is 6.06. The number of hydrogen-bond donors (Lipinski definition) is 1. The minimum absolute atomic E-state index is 0.0147. The van der Waals surface area contributed by atoms with E-state index < -0.39 is 0 Å². The molecule has 122 valence electrons. The molecule has 0 bridgehead atoms. The second-order valence-electron chi connectivity index (χ2n) is 5.79. The van der Waals surface area contributed by atoms with E-state index in [4.69, 9.17) is 16.3 Å². The van der Waals surface area contributed by atoms with Crippen LogP contribution >= 0.6 is 11.6 Å². The average Bonchev–Trinajstić information content (AvgIpc) is 2.46. The molecule has 1 N–H and O–H groups in total. The Morgan fingerprint density at radius 1 is 1.41 bits per heavy atom. The summed E-state index contributed by atoms with van der Waals surface area (Å²) in [4.78, 5) is 16.3. The zero-order valence-corrected chi connectivity index (χ0v) is 13.8. The van der Waals surface area contributed by atoms with Crippen molar-refractivity contribution in [1.82, 2.24) is 9.80 Å². The minimum atomic E-state index is -0.345. The molecule has 2 rings (SSSR count). The second-order valence-corrected chi connectivity index (χ2v) is 6.22. The lowest BCUT2D eigenvalue weighted by atomic mass is 10.1. The van der Waals surface area contributed by atoms with Gasteiger partial charge >= 0.3 is 0 Å². The van der Waals surface area contributed by atoms with Crippen molar-refractivity contribution in [3.63, 3.8) is 0 Å². The molecule has 1 saturated heterocycles. The Labute approximate surface area is 136 Å². The maximum Gasteiger partial charge on any atom is 0.260 e. The van der Waals surface area contributed by atoms with Gasteiger partial charge in [0, 0.05) is 37.2 Å². The van der Waals surface area contributed by atoms with Gasteiger partial charge in [0.2, 0.25) is 0 Å². The molecule has 0 aromatic heterocycles. The first-order valence-corrected chi connectivity index (χ1v) is 7.91. The highest BCUT2D eigenvalue weighted by Gasteiger charge is 2.27. The quantitative estimate of drug-likeness (QED) is 0.893. The van der Waals surface area contributed by atoms with E-state index in [0.717, 1.165) is 13.1 Å². The first-order valence-electron chi connectivity index (χ1n) is 7.54. The van der Waals surface area contributed by atoms with Crippen LogP contribution in [0, 0.1) is 0 Å². The van der Waals surface area contributed by atoms with E-state index in [2.05, 4.69) is 4.90 Å². The van der Waals surface area contributed by atoms with Gasteiger partial charge in [-0.3, -0.25) is 9.69 Å². The Morgan fingerprint density at radius 2 is 2.09 bits per heavy atom. The van der Waals surface area contributed by atoms with Crippen molar-refractivity contribution < 1.29 is 14.6 Å². The normalized spacial score (nSPS) is 20.7. The summed E-state index contributed by atoms with van der Waals surface area (Å²) in [7, 11) is 0. The summed E-state index contributed by atoms with van der Waals surface area (Å²) in [6, 6.07) is 7.09. The molecule has 5 nitrogen and oxygen atoms in total. The highest BCUT2D eigenvalue weighted by Crippen LogP contribution is 2.16. The van der Waals surface area contributed by atoms with Crippen LogP contribution in [0.1, 0.15) is 13.8 Å². The molecule has 1 aliphatic rings. The van der Waals surface area contributed by atoms with Gasteiger partial charge in [0.1, 0.15) is 5.75 Å². The molecular formula is C16H23ClN2O3. The largest absolute Gasteiger partial charge is 0.484 e. The average molecular weight is 327 g/mol. The molecule has 2 atom stereocenters. The summed E-state index contributed by atoms with van der Waals surface area (Å²) in [6.07, 6.45) is -0.345. The highest BCUT2D eigenvalue weighted by molar-refractivity contribution is 6.30. The standard InChI is InChI=1S/C16H23ClN2O3/c1-12-9-18(10-13(2)20)7-8-19(12)16(21)11-22-15-5-3-14(17)4-6-15/h3-6,12-13,20H,7-11H2,1-2H3.